The minimum atomic E-state index is -0.267. The predicted molar refractivity (Wildman–Crippen MR) is 86.4 cm³/mol. The van der Waals surface area contributed by atoms with Gasteiger partial charge in [0.1, 0.15) is 5.75 Å². The number of carbonyl (C=O) groups is 2. The Kier molecular flexibility index (Phi) is 4.78. The zero-order chi connectivity index (χ0) is 16.1. The molecule has 0 bridgehead atoms. The van der Waals surface area contributed by atoms with Crippen molar-refractivity contribution in [1.29, 1.82) is 0 Å². The van der Waals surface area contributed by atoms with Crippen LogP contribution in [0.5, 0.6) is 5.75 Å². The molecule has 5 heteroatoms. The van der Waals surface area contributed by atoms with Gasteiger partial charge in [-0.2, -0.15) is 0 Å². The first-order valence-corrected chi connectivity index (χ1v) is 6.83. The molecule has 0 aliphatic rings. The molecule has 2 aromatic carbocycles. The number of benzene rings is 2. The summed E-state index contributed by atoms with van der Waals surface area (Å²) < 4.78 is 5.24. The normalized spacial score (nSPS) is 9.95. The summed E-state index contributed by atoms with van der Waals surface area (Å²) in [7, 11) is 1.55. The molecule has 114 valence electrons. The first-order valence-electron chi connectivity index (χ1n) is 6.83. The van der Waals surface area contributed by atoms with E-state index in [4.69, 9.17) is 4.74 Å². The number of hydrogen-bond donors (Lipinski definition) is 2. The van der Waals surface area contributed by atoms with Gasteiger partial charge >= 0.3 is 0 Å². The van der Waals surface area contributed by atoms with E-state index in [1.807, 2.05) is 19.1 Å². The highest BCUT2D eigenvalue weighted by Gasteiger charge is 2.10. The summed E-state index contributed by atoms with van der Waals surface area (Å²) in [5.74, 6) is 0.144. The maximum absolute atomic E-state index is 12.4. The van der Waals surface area contributed by atoms with Crippen molar-refractivity contribution in [2.24, 2.45) is 0 Å². The van der Waals surface area contributed by atoms with Gasteiger partial charge in [-0.3, -0.25) is 9.59 Å². The Morgan fingerprint density at radius 1 is 1.05 bits per heavy atom. The number of rotatable bonds is 4. The van der Waals surface area contributed by atoms with Crippen LogP contribution in [0.4, 0.5) is 11.4 Å². The third-order valence-electron chi connectivity index (χ3n) is 3.05. The second kappa shape index (κ2) is 6.76. The van der Waals surface area contributed by atoms with Crippen LogP contribution in [0.25, 0.3) is 0 Å². The van der Waals surface area contributed by atoms with Crippen molar-refractivity contribution in [1.82, 2.24) is 0 Å². The monoisotopic (exact) mass is 298 g/mol. The van der Waals surface area contributed by atoms with Crippen LogP contribution in [0.1, 0.15) is 22.8 Å². The van der Waals surface area contributed by atoms with Crippen LogP contribution in [0.2, 0.25) is 0 Å². The highest BCUT2D eigenvalue weighted by molar-refractivity contribution is 6.06. The first-order chi connectivity index (χ1) is 10.5. The second-order valence-electron chi connectivity index (χ2n) is 4.92. The van der Waals surface area contributed by atoms with Crippen molar-refractivity contribution < 1.29 is 14.3 Å². The molecule has 0 saturated heterocycles. The van der Waals surface area contributed by atoms with E-state index in [-0.39, 0.29) is 11.8 Å². The standard InChI is InChI=1S/C17H18N2O3/c1-11-7-8-16(22-3)15(9-11)19-17(21)13-5-4-6-14(10-13)18-12(2)20/h4-10H,1-3H3,(H,18,20)(H,19,21). The maximum Gasteiger partial charge on any atom is 0.255 e. The van der Waals surface area contributed by atoms with E-state index in [1.54, 1.807) is 37.4 Å². The lowest BCUT2D eigenvalue weighted by atomic mass is 10.1. The molecule has 0 aliphatic heterocycles. The van der Waals surface area contributed by atoms with Crippen LogP contribution in [-0.2, 0) is 4.79 Å². The number of amides is 2. The van der Waals surface area contributed by atoms with Crippen LogP contribution < -0.4 is 15.4 Å². The summed E-state index contributed by atoms with van der Waals surface area (Å²) in [5.41, 5.74) is 2.66. The van der Waals surface area contributed by atoms with Gasteiger partial charge in [-0.05, 0) is 42.8 Å². The molecule has 22 heavy (non-hydrogen) atoms. The zero-order valence-corrected chi connectivity index (χ0v) is 12.8. The van der Waals surface area contributed by atoms with Crippen molar-refractivity contribution in [2.45, 2.75) is 13.8 Å². The van der Waals surface area contributed by atoms with Crippen LogP contribution in [0, 0.1) is 6.92 Å². The molecule has 2 N–H and O–H groups in total. The Balaban J connectivity index is 2.22. The lowest BCUT2D eigenvalue weighted by Crippen LogP contribution is -2.13. The molecular weight excluding hydrogens is 280 g/mol. The van der Waals surface area contributed by atoms with Crippen LogP contribution in [-0.4, -0.2) is 18.9 Å². The van der Waals surface area contributed by atoms with Gasteiger partial charge in [0.2, 0.25) is 5.91 Å². The molecule has 0 fully saturated rings. The molecule has 2 rings (SSSR count). The number of anilines is 2. The fraction of sp³-hybridized carbons (Fsp3) is 0.176. The Bertz CT molecular complexity index is 711. The van der Waals surface area contributed by atoms with Gasteiger partial charge < -0.3 is 15.4 Å². The quantitative estimate of drug-likeness (QED) is 0.910. The lowest BCUT2D eigenvalue weighted by molar-refractivity contribution is -0.114. The summed E-state index contributed by atoms with van der Waals surface area (Å²) in [6.45, 7) is 3.36. The second-order valence-corrected chi connectivity index (χ2v) is 4.92. The van der Waals surface area contributed by atoms with E-state index in [2.05, 4.69) is 10.6 Å². The SMILES string of the molecule is COc1ccc(C)cc1NC(=O)c1cccc(NC(C)=O)c1. The molecule has 0 aromatic heterocycles. The first kappa shape index (κ1) is 15.6. The maximum atomic E-state index is 12.4. The van der Waals surface area contributed by atoms with Gasteiger partial charge in [0.25, 0.3) is 5.91 Å². The molecule has 0 atom stereocenters. The minimum absolute atomic E-state index is 0.182. The number of methoxy groups -OCH3 is 1. The van der Waals surface area contributed by atoms with Crippen LogP contribution >= 0.6 is 0 Å². The molecule has 0 saturated carbocycles. The molecule has 0 radical (unpaired) electrons. The van der Waals surface area contributed by atoms with E-state index < -0.39 is 0 Å². The summed E-state index contributed by atoms with van der Waals surface area (Å²) in [4.78, 5) is 23.4. The average Bonchev–Trinajstić information content (AvgIpc) is 2.47. The van der Waals surface area contributed by atoms with Gasteiger partial charge in [0.15, 0.2) is 0 Å². The fourth-order valence-electron chi connectivity index (χ4n) is 2.06. The van der Waals surface area contributed by atoms with E-state index in [1.165, 1.54) is 6.92 Å². The third kappa shape index (κ3) is 3.85. The zero-order valence-electron chi connectivity index (χ0n) is 12.8. The van der Waals surface area contributed by atoms with Gasteiger partial charge in [0.05, 0.1) is 12.8 Å². The van der Waals surface area contributed by atoms with Gasteiger partial charge in [-0.1, -0.05) is 12.1 Å². The largest absolute Gasteiger partial charge is 0.495 e. The molecule has 0 aliphatic carbocycles. The fourth-order valence-corrected chi connectivity index (χ4v) is 2.06. The highest BCUT2D eigenvalue weighted by atomic mass is 16.5. The number of hydrogen-bond acceptors (Lipinski definition) is 3. The lowest BCUT2D eigenvalue weighted by Gasteiger charge is -2.11. The van der Waals surface area contributed by atoms with Crippen LogP contribution in [0.15, 0.2) is 42.5 Å². The Labute approximate surface area is 129 Å². The van der Waals surface area contributed by atoms with E-state index in [0.717, 1.165) is 5.56 Å². The number of ether oxygens (including phenoxy) is 1. The number of nitrogens with one attached hydrogen (secondary N) is 2. The molecule has 5 nitrogen and oxygen atoms in total. The summed E-state index contributed by atoms with van der Waals surface area (Å²) >= 11 is 0. The molecule has 2 aromatic rings. The summed E-state index contributed by atoms with van der Waals surface area (Å²) in [6.07, 6.45) is 0. The van der Waals surface area contributed by atoms with E-state index >= 15 is 0 Å². The van der Waals surface area contributed by atoms with Gasteiger partial charge in [-0.15, -0.1) is 0 Å². The van der Waals surface area contributed by atoms with Crippen LogP contribution in [0.3, 0.4) is 0 Å². The number of carbonyl (C=O) groups excluding carboxylic acids is 2. The minimum Gasteiger partial charge on any atom is -0.495 e. The molecular formula is C17H18N2O3. The summed E-state index contributed by atoms with van der Waals surface area (Å²) in [5, 5.41) is 5.47. The molecule has 0 spiro atoms. The van der Waals surface area contributed by atoms with Crippen molar-refractivity contribution in [2.75, 3.05) is 17.7 Å². The van der Waals surface area contributed by atoms with Crippen molar-refractivity contribution in [3.8, 4) is 5.75 Å². The Morgan fingerprint density at radius 2 is 1.82 bits per heavy atom. The molecule has 0 heterocycles. The highest BCUT2D eigenvalue weighted by Crippen LogP contribution is 2.26. The van der Waals surface area contributed by atoms with Crippen molar-refractivity contribution >= 4 is 23.2 Å². The van der Waals surface area contributed by atoms with E-state index in [9.17, 15) is 9.59 Å². The van der Waals surface area contributed by atoms with Gasteiger partial charge in [-0.25, -0.2) is 0 Å². The summed E-state index contributed by atoms with van der Waals surface area (Å²) in [6, 6.07) is 12.3. The number of aryl methyl sites for hydroxylation is 1. The van der Waals surface area contributed by atoms with Crippen molar-refractivity contribution in [3.05, 3.63) is 53.6 Å². The Hall–Kier alpha value is -2.82. The predicted octanol–water partition coefficient (Wildman–Crippen LogP) is 3.21. The molecule has 0 unspecified atom stereocenters. The average molecular weight is 298 g/mol. The van der Waals surface area contributed by atoms with E-state index in [0.29, 0.717) is 22.7 Å². The van der Waals surface area contributed by atoms with Crippen molar-refractivity contribution in [3.63, 3.8) is 0 Å². The van der Waals surface area contributed by atoms with Gasteiger partial charge in [0, 0.05) is 18.2 Å². The Morgan fingerprint density at radius 3 is 2.50 bits per heavy atom. The third-order valence-corrected chi connectivity index (χ3v) is 3.05. The topological polar surface area (TPSA) is 67.4 Å². The molecule has 2 amide bonds. The smallest absolute Gasteiger partial charge is 0.255 e.